The molecule has 0 bridgehead atoms. The molecular weight excluding hydrogens is 342 g/mol. The second-order valence-electron chi connectivity index (χ2n) is 5.95. The van der Waals surface area contributed by atoms with E-state index in [0.29, 0.717) is 18.8 Å². The Morgan fingerprint density at radius 2 is 1.70 bits per heavy atom. The van der Waals surface area contributed by atoms with Crippen LogP contribution in [0.5, 0.6) is 5.75 Å². The third-order valence-corrected chi connectivity index (χ3v) is 4.21. The lowest BCUT2D eigenvalue weighted by Gasteiger charge is -2.22. The molecule has 0 aliphatic carbocycles. The molecule has 6 nitrogen and oxygen atoms in total. The van der Waals surface area contributed by atoms with Crippen molar-refractivity contribution in [2.24, 2.45) is 0 Å². The number of carbonyl (C=O) groups excluding carboxylic acids is 1. The van der Waals surface area contributed by atoms with Gasteiger partial charge < -0.3 is 9.64 Å². The van der Waals surface area contributed by atoms with Crippen LogP contribution in [-0.4, -0.2) is 34.2 Å². The summed E-state index contributed by atoms with van der Waals surface area (Å²) >= 11 is 0. The van der Waals surface area contributed by atoms with E-state index in [2.05, 4.69) is 5.10 Å². The SMILES string of the molecule is CCN(Cc1ccccc1)C(=O)c1nn(-c2ccccc2)c(=O)cc1OC. The van der Waals surface area contributed by atoms with Gasteiger partial charge in [-0.15, -0.1) is 0 Å². The summed E-state index contributed by atoms with van der Waals surface area (Å²) in [6.07, 6.45) is 0. The first-order valence-electron chi connectivity index (χ1n) is 8.71. The maximum Gasteiger partial charge on any atom is 0.278 e. The molecule has 138 valence electrons. The molecule has 1 amide bonds. The number of amides is 1. The minimum atomic E-state index is -0.360. The van der Waals surface area contributed by atoms with Crippen LogP contribution in [0.1, 0.15) is 23.0 Å². The second kappa shape index (κ2) is 8.31. The van der Waals surface area contributed by atoms with E-state index in [0.717, 1.165) is 5.56 Å². The Kier molecular flexibility index (Phi) is 5.66. The third-order valence-electron chi connectivity index (χ3n) is 4.21. The number of ether oxygens (including phenoxy) is 1. The molecule has 0 aliphatic rings. The first-order valence-corrected chi connectivity index (χ1v) is 8.71. The fraction of sp³-hybridized carbons (Fsp3) is 0.190. The van der Waals surface area contributed by atoms with Gasteiger partial charge in [-0.1, -0.05) is 48.5 Å². The van der Waals surface area contributed by atoms with Crippen molar-refractivity contribution in [3.8, 4) is 11.4 Å². The largest absolute Gasteiger partial charge is 0.494 e. The monoisotopic (exact) mass is 363 g/mol. The van der Waals surface area contributed by atoms with Crippen molar-refractivity contribution < 1.29 is 9.53 Å². The Bertz CT molecular complexity index is 969. The lowest BCUT2D eigenvalue weighted by molar-refractivity contribution is 0.0740. The summed E-state index contributed by atoms with van der Waals surface area (Å²) in [6, 6.07) is 20.0. The van der Waals surface area contributed by atoms with Crippen molar-refractivity contribution in [2.75, 3.05) is 13.7 Å². The molecule has 2 aromatic carbocycles. The van der Waals surface area contributed by atoms with Gasteiger partial charge in [0.1, 0.15) is 0 Å². The summed E-state index contributed by atoms with van der Waals surface area (Å²) in [4.78, 5) is 27.2. The van der Waals surface area contributed by atoms with E-state index in [-0.39, 0.29) is 22.9 Å². The second-order valence-corrected chi connectivity index (χ2v) is 5.95. The van der Waals surface area contributed by atoms with Crippen LogP contribution < -0.4 is 10.3 Å². The minimum absolute atomic E-state index is 0.110. The van der Waals surface area contributed by atoms with E-state index in [1.165, 1.54) is 17.9 Å². The van der Waals surface area contributed by atoms with Crippen LogP contribution in [0.25, 0.3) is 5.69 Å². The molecular formula is C21H21N3O3. The van der Waals surface area contributed by atoms with E-state index in [9.17, 15) is 9.59 Å². The van der Waals surface area contributed by atoms with Gasteiger partial charge >= 0.3 is 0 Å². The predicted molar refractivity (Wildman–Crippen MR) is 103 cm³/mol. The van der Waals surface area contributed by atoms with E-state index >= 15 is 0 Å². The number of nitrogens with zero attached hydrogens (tertiary/aromatic N) is 3. The molecule has 3 aromatic rings. The summed E-state index contributed by atoms with van der Waals surface area (Å²) in [5, 5.41) is 4.31. The van der Waals surface area contributed by atoms with Gasteiger partial charge in [0, 0.05) is 13.1 Å². The maximum absolute atomic E-state index is 13.1. The molecule has 0 atom stereocenters. The third kappa shape index (κ3) is 4.06. The number of benzene rings is 2. The number of methoxy groups -OCH3 is 1. The molecule has 0 N–H and O–H groups in total. The number of aromatic nitrogens is 2. The van der Waals surface area contributed by atoms with Crippen molar-refractivity contribution in [1.29, 1.82) is 0 Å². The molecule has 6 heteroatoms. The van der Waals surface area contributed by atoms with Crippen LogP contribution >= 0.6 is 0 Å². The van der Waals surface area contributed by atoms with Crippen molar-refractivity contribution in [3.05, 3.63) is 88.3 Å². The van der Waals surface area contributed by atoms with Crippen molar-refractivity contribution in [2.45, 2.75) is 13.5 Å². The molecule has 0 spiro atoms. The number of carbonyl (C=O) groups is 1. The molecule has 1 heterocycles. The molecule has 27 heavy (non-hydrogen) atoms. The van der Waals surface area contributed by atoms with Crippen LogP contribution in [0.4, 0.5) is 0 Å². The highest BCUT2D eigenvalue weighted by Crippen LogP contribution is 2.18. The Morgan fingerprint density at radius 1 is 1.07 bits per heavy atom. The zero-order valence-electron chi connectivity index (χ0n) is 15.3. The van der Waals surface area contributed by atoms with Gasteiger partial charge in [0.15, 0.2) is 11.4 Å². The van der Waals surface area contributed by atoms with Crippen LogP contribution in [0, 0.1) is 0 Å². The Balaban J connectivity index is 2.00. The summed E-state index contributed by atoms with van der Waals surface area (Å²) in [7, 11) is 1.42. The molecule has 0 radical (unpaired) electrons. The molecule has 3 rings (SSSR count). The summed E-state index contributed by atoms with van der Waals surface area (Å²) in [6.45, 7) is 2.86. The number of hydrogen-bond donors (Lipinski definition) is 0. The topological polar surface area (TPSA) is 64.4 Å². The van der Waals surface area contributed by atoms with Crippen LogP contribution in [0.2, 0.25) is 0 Å². The standard InChI is InChI=1S/C21H21N3O3/c1-3-23(15-16-10-6-4-7-11-16)21(26)20-18(27-2)14-19(25)24(22-20)17-12-8-5-9-13-17/h4-14H,3,15H2,1-2H3. The Labute approximate surface area is 157 Å². The molecule has 0 fully saturated rings. The normalized spacial score (nSPS) is 10.4. The van der Waals surface area contributed by atoms with Crippen LogP contribution in [0.15, 0.2) is 71.5 Å². The highest BCUT2D eigenvalue weighted by Gasteiger charge is 2.23. The molecule has 1 aromatic heterocycles. The number of hydrogen-bond acceptors (Lipinski definition) is 4. The first kappa shape index (κ1) is 18.4. The highest BCUT2D eigenvalue weighted by atomic mass is 16.5. The van der Waals surface area contributed by atoms with Gasteiger partial charge in [-0.3, -0.25) is 9.59 Å². The van der Waals surface area contributed by atoms with Gasteiger partial charge in [0.2, 0.25) is 0 Å². The van der Waals surface area contributed by atoms with Gasteiger partial charge in [-0.05, 0) is 24.6 Å². The molecule has 0 aliphatic heterocycles. The summed E-state index contributed by atoms with van der Waals surface area (Å²) in [5.74, 6) is -0.119. The minimum Gasteiger partial charge on any atom is -0.494 e. The summed E-state index contributed by atoms with van der Waals surface area (Å²) < 4.78 is 6.47. The zero-order chi connectivity index (χ0) is 19.2. The smallest absolute Gasteiger partial charge is 0.278 e. The van der Waals surface area contributed by atoms with Crippen molar-refractivity contribution >= 4 is 5.91 Å². The first-order chi connectivity index (χ1) is 13.1. The lowest BCUT2D eigenvalue weighted by atomic mass is 10.2. The number of rotatable bonds is 6. The van der Waals surface area contributed by atoms with Gasteiger partial charge in [-0.25, -0.2) is 0 Å². The fourth-order valence-electron chi connectivity index (χ4n) is 2.78. The Hall–Kier alpha value is -3.41. The highest BCUT2D eigenvalue weighted by molar-refractivity contribution is 5.94. The zero-order valence-corrected chi connectivity index (χ0v) is 15.3. The van der Waals surface area contributed by atoms with Gasteiger partial charge in [0.25, 0.3) is 11.5 Å². The van der Waals surface area contributed by atoms with E-state index in [1.807, 2.05) is 55.5 Å². The van der Waals surface area contributed by atoms with E-state index in [1.54, 1.807) is 17.0 Å². The van der Waals surface area contributed by atoms with Crippen molar-refractivity contribution in [1.82, 2.24) is 14.7 Å². The maximum atomic E-state index is 13.1. The van der Waals surface area contributed by atoms with Crippen LogP contribution in [-0.2, 0) is 6.54 Å². The lowest BCUT2D eigenvalue weighted by Crippen LogP contribution is -2.33. The Morgan fingerprint density at radius 3 is 2.30 bits per heavy atom. The molecule has 0 saturated heterocycles. The van der Waals surface area contributed by atoms with E-state index < -0.39 is 0 Å². The predicted octanol–water partition coefficient (Wildman–Crippen LogP) is 2.90. The molecule has 0 saturated carbocycles. The molecule has 0 unspecified atom stereocenters. The van der Waals surface area contributed by atoms with Crippen LogP contribution in [0.3, 0.4) is 0 Å². The average Bonchev–Trinajstić information content (AvgIpc) is 2.72. The summed E-state index contributed by atoms with van der Waals surface area (Å²) in [5.41, 5.74) is 1.35. The van der Waals surface area contributed by atoms with E-state index in [4.69, 9.17) is 4.74 Å². The quantitative estimate of drug-likeness (QED) is 0.675. The fourth-order valence-corrected chi connectivity index (χ4v) is 2.78. The van der Waals surface area contributed by atoms with Gasteiger partial charge in [0.05, 0.1) is 18.9 Å². The van der Waals surface area contributed by atoms with Gasteiger partial charge in [-0.2, -0.15) is 9.78 Å². The number of para-hydroxylation sites is 1. The average molecular weight is 363 g/mol. The van der Waals surface area contributed by atoms with Crippen molar-refractivity contribution in [3.63, 3.8) is 0 Å².